The Morgan fingerprint density at radius 3 is 2.20 bits per heavy atom. The van der Waals surface area contributed by atoms with Crippen molar-refractivity contribution in [3.05, 3.63) is 48.1 Å². The van der Waals surface area contributed by atoms with Gasteiger partial charge in [-0.05, 0) is 49.0 Å². The number of methoxy groups -OCH3 is 1. The van der Waals surface area contributed by atoms with E-state index < -0.39 is 6.16 Å². The van der Waals surface area contributed by atoms with E-state index in [-0.39, 0.29) is 0 Å². The summed E-state index contributed by atoms with van der Waals surface area (Å²) in [4.78, 5) is 8.56. The second kappa shape index (κ2) is 8.04. The minimum atomic E-state index is -1.83. The minimum absolute atomic E-state index is 0.768. The maximum absolute atomic E-state index is 8.56. The van der Waals surface area contributed by atoms with Crippen LogP contribution in [-0.4, -0.2) is 23.5 Å². The van der Waals surface area contributed by atoms with E-state index in [4.69, 9.17) is 19.7 Å². The number of ether oxygens (including phenoxy) is 1. The number of allylic oxidation sites excluding steroid dienone is 4. The molecular weight excluding hydrogens is 256 g/mol. The minimum Gasteiger partial charge on any atom is -0.497 e. The van der Waals surface area contributed by atoms with E-state index in [2.05, 4.69) is 37.3 Å². The molecule has 0 unspecified atom stereocenters. The summed E-state index contributed by atoms with van der Waals surface area (Å²) in [6.45, 7) is 2.05. The molecule has 0 atom stereocenters. The van der Waals surface area contributed by atoms with Gasteiger partial charge in [0.15, 0.2) is 0 Å². The Kier molecular flexibility index (Phi) is 6.37. The summed E-state index contributed by atoms with van der Waals surface area (Å²) in [6.07, 6.45) is 7.26. The molecule has 1 saturated carbocycles. The Morgan fingerprint density at radius 2 is 1.80 bits per heavy atom. The van der Waals surface area contributed by atoms with Gasteiger partial charge in [-0.1, -0.05) is 30.4 Å². The summed E-state index contributed by atoms with van der Waals surface area (Å²) in [6, 6.07) is 8.35. The lowest BCUT2D eigenvalue weighted by atomic mass is 10.0. The highest BCUT2D eigenvalue weighted by Gasteiger charge is 2.26. The molecular formula is C16H20O4. The lowest BCUT2D eigenvalue weighted by molar-refractivity contribution is 0.137. The third-order valence-electron chi connectivity index (χ3n) is 2.91. The van der Waals surface area contributed by atoms with Crippen LogP contribution in [0.3, 0.4) is 0 Å². The van der Waals surface area contributed by atoms with Crippen molar-refractivity contribution in [1.82, 2.24) is 0 Å². The van der Waals surface area contributed by atoms with Crippen molar-refractivity contribution in [2.75, 3.05) is 7.11 Å². The Balaban J connectivity index is 0.000000444. The standard InChI is InChI=1S/C15H18O.CH2O3/c1-3-4-5-15(12-6-7-12)13-8-10-14(16-2)11-9-13;2-1(3)4/h3-5,8-12H,6-7H2,1-2H3;(H2,2,3,4)/b4-3+,15-5+;. The van der Waals surface area contributed by atoms with Gasteiger partial charge in [0.1, 0.15) is 5.75 Å². The second-order valence-electron chi connectivity index (χ2n) is 4.43. The van der Waals surface area contributed by atoms with E-state index in [1.165, 1.54) is 24.0 Å². The van der Waals surface area contributed by atoms with Crippen LogP contribution in [-0.2, 0) is 0 Å². The Morgan fingerprint density at radius 1 is 1.25 bits per heavy atom. The number of hydrogen-bond donors (Lipinski definition) is 2. The van der Waals surface area contributed by atoms with Crippen molar-refractivity contribution in [1.29, 1.82) is 0 Å². The fourth-order valence-electron chi connectivity index (χ4n) is 1.85. The summed E-state index contributed by atoms with van der Waals surface area (Å²) in [5, 5.41) is 13.9. The predicted molar refractivity (Wildman–Crippen MR) is 79.2 cm³/mol. The molecule has 1 aromatic carbocycles. The fourth-order valence-corrected chi connectivity index (χ4v) is 1.85. The van der Waals surface area contributed by atoms with Gasteiger partial charge in [-0.3, -0.25) is 0 Å². The molecule has 1 aliphatic carbocycles. The summed E-state index contributed by atoms with van der Waals surface area (Å²) in [5.74, 6) is 1.69. The number of carbonyl (C=O) groups is 1. The molecule has 4 nitrogen and oxygen atoms in total. The first kappa shape index (κ1) is 15.8. The zero-order valence-electron chi connectivity index (χ0n) is 11.7. The van der Waals surface area contributed by atoms with Crippen LogP contribution in [0.1, 0.15) is 25.3 Å². The van der Waals surface area contributed by atoms with Crippen LogP contribution in [0.15, 0.2) is 42.5 Å². The molecule has 0 heterocycles. The molecule has 0 aromatic heterocycles. The van der Waals surface area contributed by atoms with Crippen LogP contribution in [0.25, 0.3) is 5.57 Å². The molecule has 108 valence electrons. The van der Waals surface area contributed by atoms with Crippen LogP contribution in [0.2, 0.25) is 0 Å². The highest BCUT2D eigenvalue weighted by Crippen LogP contribution is 2.42. The number of rotatable bonds is 4. The smallest absolute Gasteiger partial charge is 0.497 e. The lowest BCUT2D eigenvalue weighted by Crippen LogP contribution is -1.88. The molecule has 2 N–H and O–H groups in total. The maximum atomic E-state index is 8.56. The molecule has 0 aliphatic heterocycles. The van der Waals surface area contributed by atoms with Gasteiger partial charge in [0.25, 0.3) is 0 Å². The predicted octanol–water partition coefficient (Wildman–Crippen LogP) is 4.29. The van der Waals surface area contributed by atoms with Crippen molar-refractivity contribution in [3.63, 3.8) is 0 Å². The van der Waals surface area contributed by atoms with Crippen molar-refractivity contribution in [2.24, 2.45) is 5.92 Å². The van der Waals surface area contributed by atoms with E-state index in [9.17, 15) is 0 Å². The molecule has 0 amide bonds. The van der Waals surface area contributed by atoms with Gasteiger partial charge in [-0.25, -0.2) is 4.79 Å². The van der Waals surface area contributed by atoms with Crippen molar-refractivity contribution in [3.8, 4) is 5.75 Å². The second-order valence-corrected chi connectivity index (χ2v) is 4.43. The molecule has 0 saturated heterocycles. The van der Waals surface area contributed by atoms with E-state index in [0.717, 1.165) is 11.7 Å². The van der Waals surface area contributed by atoms with E-state index in [1.54, 1.807) is 7.11 Å². The van der Waals surface area contributed by atoms with Gasteiger partial charge < -0.3 is 14.9 Å². The summed E-state index contributed by atoms with van der Waals surface area (Å²) >= 11 is 0. The first-order valence-electron chi connectivity index (χ1n) is 6.47. The van der Waals surface area contributed by atoms with Crippen LogP contribution in [0.4, 0.5) is 4.79 Å². The van der Waals surface area contributed by atoms with Gasteiger partial charge in [-0.2, -0.15) is 0 Å². The normalized spacial score (nSPS) is 14.6. The molecule has 0 bridgehead atoms. The van der Waals surface area contributed by atoms with Gasteiger partial charge >= 0.3 is 6.16 Å². The van der Waals surface area contributed by atoms with Crippen LogP contribution in [0, 0.1) is 5.92 Å². The number of carboxylic acid groups (broad SMARTS) is 2. The summed E-state index contributed by atoms with van der Waals surface area (Å²) in [5.41, 5.74) is 2.78. The monoisotopic (exact) mass is 276 g/mol. The van der Waals surface area contributed by atoms with Gasteiger partial charge in [0, 0.05) is 0 Å². The molecule has 0 spiro atoms. The highest BCUT2D eigenvalue weighted by atomic mass is 16.6. The Bertz CT molecular complexity index is 478. The topological polar surface area (TPSA) is 66.8 Å². The van der Waals surface area contributed by atoms with E-state index >= 15 is 0 Å². The van der Waals surface area contributed by atoms with Crippen molar-refractivity contribution in [2.45, 2.75) is 19.8 Å². The largest absolute Gasteiger partial charge is 0.503 e. The van der Waals surface area contributed by atoms with Gasteiger partial charge in [0.05, 0.1) is 7.11 Å². The molecule has 4 heteroatoms. The molecule has 1 aliphatic rings. The third-order valence-corrected chi connectivity index (χ3v) is 2.91. The van der Waals surface area contributed by atoms with E-state index in [0.29, 0.717) is 0 Å². The number of hydrogen-bond acceptors (Lipinski definition) is 2. The fraction of sp³-hybridized carbons (Fsp3) is 0.312. The average molecular weight is 276 g/mol. The average Bonchev–Trinajstić information content (AvgIpc) is 3.24. The molecule has 2 rings (SSSR count). The SMILES string of the molecule is C/C=C/C=C(/c1ccc(OC)cc1)C1CC1.O=C(O)O. The third kappa shape index (κ3) is 5.61. The quantitative estimate of drug-likeness (QED) is 0.805. The maximum Gasteiger partial charge on any atom is 0.503 e. The zero-order valence-corrected chi connectivity index (χ0v) is 11.7. The van der Waals surface area contributed by atoms with E-state index in [1.807, 2.05) is 12.1 Å². The highest BCUT2D eigenvalue weighted by molar-refractivity contribution is 5.71. The molecule has 0 radical (unpaired) electrons. The van der Waals surface area contributed by atoms with Crippen molar-refractivity contribution < 1.29 is 19.7 Å². The molecule has 20 heavy (non-hydrogen) atoms. The van der Waals surface area contributed by atoms with Gasteiger partial charge in [0.2, 0.25) is 0 Å². The first-order valence-corrected chi connectivity index (χ1v) is 6.47. The molecule has 1 fully saturated rings. The van der Waals surface area contributed by atoms with Gasteiger partial charge in [-0.15, -0.1) is 0 Å². The zero-order chi connectivity index (χ0) is 15.0. The summed E-state index contributed by atoms with van der Waals surface area (Å²) < 4.78 is 5.17. The van der Waals surface area contributed by atoms with Crippen LogP contribution < -0.4 is 4.74 Å². The molecule has 1 aromatic rings. The first-order chi connectivity index (χ1) is 9.58. The van der Waals surface area contributed by atoms with Crippen LogP contribution in [0.5, 0.6) is 5.75 Å². The summed E-state index contributed by atoms with van der Waals surface area (Å²) in [7, 11) is 1.70. The lowest BCUT2D eigenvalue weighted by Gasteiger charge is -2.06. The van der Waals surface area contributed by atoms with Crippen LogP contribution >= 0.6 is 0 Å². The Labute approximate surface area is 119 Å². The van der Waals surface area contributed by atoms with Crippen molar-refractivity contribution >= 4 is 11.7 Å². The number of benzene rings is 1. The Hall–Kier alpha value is -2.23.